The lowest BCUT2D eigenvalue weighted by Crippen LogP contribution is -2.35. The maximum absolute atomic E-state index is 6.25. The van der Waals surface area contributed by atoms with Crippen molar-refractivity contribution in [3.63, 3.8) is 0 Å². The van der Waals surface area contributed by atoms with Crippen molar-refractivity contribution in [1.82, 2.24) is 15.1 Å². The minimum atomic E-state index is 0.190. The van der Waals surface area contributed by atoms with E-state index in [9.17, 15) is 0 Å². The van der Waals surface area contributed by atoms with Crippen molar-refractivity contribution in [3.05, 3.63) is 47.6 Å². The average molecular weight is 359 g/mol. The molecular weight excluding hydrogens is 325 g/mol. The fourth-order valence-electron chi connectivity index (χ4n) is 2.79. The van der Waals surface area contributed by atoms with Crippen LogP contribution >= 0.6 is 11.8 Å². The Morgan fingerprint density at radius 2 is 2.16 bits per heavy atom. The van der Waals surface area contributed by atoms with Gasteiger partial charge in [0, 0.05) is 29.0 Å². The Bertz CT molecular complexity index is 525. The van der Waals surface area contributed by atoms with E-state index in [-0.39, 0.29) is 6.04 Å². The molecule has 138 valence electrons. The molecule has 2 radical (unpaired) electrons. The SMILES string of the molecule is [B]/C(CCC)=C(/C)N1C=C(CCC)N(C(=C)C(C)N/C=C\CSC)C1. The Balaban J connectivity index is 2.83. The van der Waals surface area contributed by atoms with Gasteiger partial charge < -0.3 is 15.1 Å². The molecule has 3 nitrogen and oxygen atoms in total. The summed E-state index contributed by atoms with van der Waals surface area (Å²) in [5.74, 6) is 1.02. The highest BCUT2D eigenvalue weighted by Gasteiger charge is 2.25. The van der Waals surface area contributed by atoms with E-state index >= 15 is 0 Å². The molecule has 0 aromatic heterocycles. The predicted octanol–water partition coefficient (Wildman–Crippen LogP) is 4.77. The summed E-state index contributed by atoms with van der Waals surface area (Å²) in [4.78, 5) is 4.59. The van der Waals surface area contributed by atoms with Crippen LogP contribution in [0.15, 0.2) is 47.6 Å². The van der Waals surface area contributed by atoms with Gasteiger partial charge in [-0.05, 0) is 39.1 Å². The molecule has 0 saturated heterocycles. The topological polar surface area (TPSA) is 18.5 Å². The lowest BCUT2D eigenvalue weighted by atomic mass is 9.89. The largest absolute Gasteiger partial charge is 0.383 e. The van der Waals surface area contributed by atoms with Gasteiger partial charge in [0.25, 0.3) is 0 Å². The first kappa shape index (κ1) is 21.8. The van der Waals surface area contributed by atoms with Gasteiger partial charge in [-0.15, -0.1) is 0 Å². The van der Waals surface area contributed by atoms with Crippen LogP contribution in [0.2, 0.25) is 0 Å². The van der Waals surface area contributed by atoms with E-state index in [1.165, 1.54) is 5.70 Å². The van der Waals surface area contributed by atoms with Crippen LogP contribution < -0.4 is 5.32 Å². The van der Waals surface area contributed by atoms with Crippen LogP contribution in [-0.4, -0.2) is 42.4 Å². The monoisotopic (exact) mass is 359 g/mol. The van der Waals surface area contributed by atoms with Gasteiger partial charge in [0.15, 0.2) is 0 Å². The number of nitrogens with one attached hydrogen (secondary N) is 1. The van der Waals surface area contributed by atoms with E-state index < -0.39 is 0 Å². The van der Waals surface area contributed by atoms with Crippen molar-refractivity contribution in [2.75, 3.05) is 18.7 Å². The fourth-order valence-corrected chi connectivity index (χ4v) is 3.08. The zero-order valence-corrected chi connectivity index (χ0v) is 17.5. The Labute approximate surface area is 160 Å². The smallest absolute Gasteiger partial charge is 0.110 e. The second kappa shape index (κ2) is 11.4. The van der Waals surface area contributed by atoms with E-state index in [1.807, 2.05) is 18.0 Å². The molecule has 1 aliphatic rings. The molecule has 1 aliphatic heterocycles. The van der Waals surface area contributed by atoms with Crippen LogP contribution in [0.3, 0.4) is 0 Å². The first-order valence-electron chi connectivity index (χ1n) is 9.25. The van der Waals surface area contributed by atoms with Gasteiger partial charge in [0.1, 0.15) is 7.85 Å². The molecule has 0 fully saturated rings. The molecule has 0 saturated carbocycles. The number of rotatable bonds is 11. The summed E-state index contributed by atoms with van der Waals surface area (Å²) in [6.45, 7) is 13.8. The minimum absolute atomic E-state index is 0.190. The van der Waals surface area contributed by atoms with E-state index in [4.69, 9.17) is 7.85 Å². The van der Waals surface area contributed by atoms with Gasteiger partial charge in [-0.2, -0.15) is 11.8 Å². The first-order chi connectivity index (χ1) is 12.0. The highest BCUT2D eigenvalue weighted by Crippen LogP contribution is 2.29. The Kier molecular flexibility index (Phi) is 9.95. The summed E-state index contributed by atoms with van der Waals surface area (Å²) in [6.07, 6.45) is 12.7. The minimum Gasteiger partial charge on any atom is -0.383 e. The number of thioether (sulfide) groups is 1. The third-order valence-corrected chi connectivity index (χ3v) is 4.97. The standard InChI is InChI=1S/C20H34BN3S/c1-7-10-19-14-23(18(5)20(21)11-8-2)15-24(19)17(4)16(3)22-12-9-13-25-6/h9,12,14,16,22H,4,7-8,10-11,13,15H2,1-3,5-6H3/b12-9-,20-18-. The summed E-state index contributed by atoms with van der Waals surface area (Å²) >= 11 is 1.81. The maximum atomic E-state index is 6.25. The zero-order chi connectivity index (χ0) is 18.8. The van der Waals surface area contributed by atoms with Crippen LogP contribution in [0.1, 0.15) is 53.4 Å². The molecule has 0 aromatic rings. The lowest BCUT2D eigenvalue weighted by molar-refractivity contribution is 0.315. The van der Waals surface area contributed by atoms with Crippen LogP contribution in [-0.2, 0) is 0 Å². The molecule has 0 spiro atoms. The molecule has 1 unspecified atom stereocenters. The second-order valence-electron chi connectivity index (χ2n) is 6.51. The van der Waals surface area contributed by atoms with Crippen LogP contribution in [0.5, 0.6) is 0 Å². The normalized spacial score (nSPS) is 16.9. The van der Waals surface area contributed by atoms with Gasteiger partial charge in [-0.3, -0.25) is 0 Å². The molecule has 0 bridgehead atoms. The van der Waals surface area contributed by atoms with Crippen molar-refractivity contribution in [2.45, 2.75) is 59.4 Å². The van der Waals surface area contributed by atoms with Crippen molar-refractivity contribution < 1.29 is 0 Å². The van der Waals surface area contributed by atoms with Gasteiger partial charge in [-0.25, -0.2) is 0 Å². The van der Waals surface area contributed by atoms with Crippen molar-refractivity contribution in [1.29, 1.82) is 0 Å². The molecule has 1 heterocycles. The van der Waals surface area contributed by atoms with Crippen LogP contribution in [0, 0.1) is 0 Å². The lowest BCUT2D eigenvalue weighted by Gasteiger charge is -2.30. The Hall–Kier alpha value is -1.23. The molecule has 5 heteroatoms. The molecule has 1 rings (SSSR count). The number of allylic oxidation sites excluding steroid dienone is 3. The van der Waals surface area contributed by atoms with Gasteiger partial charge in [0.2, 0.25) is 0 Å². The van der Waals surface area contributed by atoms with Gasteiger partial charge >= 0.3 is 0 Å². The number of nitrogens with zero attached hydrogens (tertiary/aromatic N) is 2. The quantitative estimate of drug-likeness (QED) is 0.535. The van der Waals surface area contributed by atoms with Crippen LogP contribution in [0.4, 0.5) is 0 Å². The third kappa shape index (κ3) is 6.54. The predicted molar refractivity (Wildman–Crippen MR) is 114 cm³/mol. The number of hydrogen-bond acceptors (Lipinski definition) is 4. The summed E-state index contributed by atoms with van der Waals surface area (Å²) in [5.41, 5.74) is 4.55. The summed E-state index contributed by atoms with van der Waals surface area (Å²) in [5, 5.41) is 3.43. The highest BCUT2D eigenvalue weighted by molar-refractivity contribution is 7.98. The molecule has 1 atom stereocenters. The first-order valence-corrected chi connectivity index (χ1v) is 10.6. The molecular formula is C20H34BN3S. The summed E-state index contributed by atoms with van der Waals surface area (Å²) < 4.78 is 0. The molecule has 0 amide bonds. The van der Waals surface area contributed by atoms with E-state index in [2.05, 4.69) is 67.9 Å². The fraction of sp³-hybridized carbons (Fsp3) is 0.600. The molecule has 25 heavy (non-hydrogen) atoms. The molecule has 0 aliphatic carbocycles. The molecule has 1 N–H and O–H groups in total. The average Bonchev–Trinajstić information content (AvgIpc) is 3.01. The number of hydrogen-bond donors (Lipinski definition) is 1. The van der Waals surface area contributed by atoms with Crippen LogP contribution in [0.25, 0.3) is 0 Å². The Morgan fingerprint density at radius 3 is 2.76 bits per heavy atom. The maximum Gasteiger partial charge on any atom is 0.110 e. The van der Waals surface area contributed by atoms with E-state index in [0.717, 1.165) is 55.0 Å². The van der Waals surface area contributed by atoms with Crippen molar-refractivity contribution in [3.8, 4) is 0 Å². The highest BCUT2D eigenvalue weighted by atomic mass is 32.2. The van der Waals surface area contributed by atoms with E-state index in [1.54, 1.807) is 0 Å². The van der Waals surface area contributed by atoms with Crippen molar-refractivity contribution >= 4 is 19.6 Å². The Morgan fingerprint density at radius 1 is 1.44 bits per heavy atom. The summed E-state index contributed by atoms with van der Waals surface area (Å²) in [7, 11) is 6.25. The van der Waals surface area contributed by atoms with E-state index in [0.29, 0.717) is 0 Å². The molecule has 0 aromatic carbocycles. The second-order valence-corrected chi connectivity index (χ2v) is 7.42. The zero-order valence-electron chi connectivity index (χ0n) is 16.6. The summed E-state index contributed by atoms with van der Waals surface area (Å²) in [6, 6.07) is 0.190. The van der Waals surface area contributed by atoms with Crippen molar-refractivity contribution in [2.24, 2.45) is 0 Å². The van der Waals surface area contributed by atoms with Gasteiger partial charge in [0.05, 0.1) is 12.7 Å². The third-order valence-electron chi connectivity index (χ3n) is 4.44. The van der Waals surface area contributed by atoms with Gasteiger partial charge in [-0.1, -0.05) is 44.8 Å².